The summed E-state index contributed by atoms with van der Waals surface area (Å²) in [7, 11) is 1.94. The van der Waals surface area contributed by atoms with Crippen LogP contribution in [0, 0.1) is 6.92 Å². The standard InChI is InChI=1S/C14H19N3O/c1-10(12-5-4-6-14(18)7-12)15-8-13-9-16-17(3)11(13)2/h4-7,9-10,15,18H,8H2,1-3H3. The molecule has 2 N–H and O–H groups in total. The molecule has 0 aliphatic rings. The SMILES string of the molecule is Cc1c(CNC(C)c2cccc(O)c2)cnn1C. The van der Waals surface area contributed by atoms with E-state index in [0.717, 1.165) is 12.1 Å². The van der Waals surface area contributed by atoms with Gasteiger partial charge in [-0.1, -0.05) is 12.1 Å². The van der Waals surface area contributed by atoms with E-state index in [1.807, 2.05) is 30.1 Å². The van der Waals surface area contributed by atoms with E-state index in [1.165, 1.54) is 11.3 Å². The Morgan fingerprint density at radius 2 is 2.22 bits per heavy atom. The molecule has 4 heteroatoms. The molecule has 0 fully saturated rings. The summed E-state index contributed by atoms with van der Waals surface area (Å²) in [5.74, 6) is 0.304. The Balaban J connectivity index is 2.00. The average molecular weight is 245 g/mol. The third kappa shape index (κ3) is 2.71. The summed E-state index contributed by atoms with van der Waals surface area (Å²) >= 11 is 0. The summed E-state index contributed by atoms with van der Waals surface area (Å²) in [4.78, 5) is 0. The minimum atomic E-state index is 0.191. The second-order valence-electron chi connectivity index (χ2n) is 4.58. The van der Waals surface area contributed by atoms with Gasteiger partial charge in [0.25, 0.3) is 0 Å². The molecule has 0 aliphatic heterocycles. The molecule has 1 atom stereocenters. The van der Waals surface area contributed by atoms with Crippen molar-refractivity contribution in [2.75, 3.05) is 0 Å². The lowest BCUT2D eigenvalue weighted by Gasteiger charge is -2.14. The number of aryl methyl sites for hydroxylation is 1. The van der Waals surface area contributed by atoms with Crippen molar-refractivity contribution in [3.8, 4) is 5.75 Å². The van der Waals surface area contributed by atoms with Crippen molar-refractivity contribution in [1.29, 1.82) is 0 Å². The molecule has 0 saturated carbocycles. The third-order valence-corrected chi connectivity index (χ3v) is 3.31. The second kappa shape index (κ2) is 5.23. The maximum Gasteiger partial charge on any atom is 0.115 e. The molecular weight excluding hydrogens is 226 g/mol. The van der Waals surface area contributed by atoms with Gasteiger partial charge in [-0.2, -0.15) is 5.10 Å². The fraction of sp³-hybridized carbons (Fsp3) is 0.357. The lowest BCUT2D eigenvalue weighted by Crippen LogP contribution is -2.18. The van der Waals surface area contributed by atoms with E-state index < -0.39 is 0 Å². The van der Waals surface area contributed by atoms with Crippen molar-refractivity contribution >= 4 is 0 Å². The van der Waals surface area contributed by atoms with E-state index in [2.05, 4.69) is 24.3 Å². The number of rotatable bonds is 4. The minimum Gasteiger partial charge on any atom is -0.508 e. The maximum atomic E-state index is 9.45. The molecule has 0 bridgehead atoms. The van der Waals surface area contributed by atoms with Crippen molar-refractivity contribution in [3.63, 3.8) is 0 Å². The number of aromatic nitrogens is 2. The fourth-order valence-corrected chi connectivity index (χ4v) is 1.89. The number of phenolic OH excluding ortho intramolecular Hbond substituents is 1. The van der Waals surface area contributed by atoms with Crippen molar-refractivity contribution in [1.82, 2.24) is 15.1 Å². The highest BCUT2D eigenvalue weighted by molar-refractivity contribution is 5.29. The van der Waals surface area contributed by atoms with Crippen LogP contribution in [0.15, 0.2) is 30.5 Å². The summed E-state index contributed by atoms with van der Waals surface area (Å²) in [6, 6.07) is 7.53. The monoisotopic (exact) mass is 245 g/mol. The van der Waals surface area contributed by atoms with Gasteiger partial charge in [0.2, 0.25) is 0 Å². The van der Waals surface area contributed by atoms with Crippen molar-refractivity contribution in [2.24, 2.45) is 7.05 Å². The van der Waals surface area contributed by atoms with Crippen LogP contribution in [-0.4, -0.2) is 14.9 Å². The summed E-state index contributed by atoms with van der Waals surface area (Å²) in [5.41, 5.74) is 3.45. The van der Waals surface area contributed by atoms with Crippen molar-refractivity contribution in [2.45, 2.75) is 26.4 Å². The molecule has 2 aromatic rings. The zero-order valence-electron chi connectivity index (χ0n) is 11.0. The molecule has 96 valence electrons. The van der Waals surface area contributed by atoms with E-state index in [9.17, 15) is 5.11 Å². The van der Waals surface area contributed by atoms with Crippen LogP contribution in [0.3, 0.4) is 0 Å². The lowest BCUT2D eigenvalue weighted by atomic mass is 10.1. The number of hydrogen-bond acceptors (Lipinski definition) is 3. The molecule has 1 aromatic heterocycles. The fourth-order valence-electron chi connectivity index (χ4n) is 1.89. The molecular formula is C14H19N3O. The average Bonchev–Trinajstić information content (AvgIpc) is 2.67. The highest BCUT2D eigenvalue weighted by Crippen LogP contribution is 2.18. The highest BCUT2D eigenvalue weighted by Gasteiger charge is 2.08. The van der Waals surface area contributed by atoms with E-state index in [1.54, 1.807) is 12.1 Å². The van der Waals surface area contributed by atoms with E-state index in [-0.39, 0.29) is 6.04 Å². The van der Waals surface area contributed by atoms with Gasteiger partial charge >= 0.3 is 0 Å². The molecule has 0 radical (unpaired) electrons. The number of aromatic hydroxyl groups is 1. The van der Waals surface area contributed by atoms with E-state index in [0.29, 0.717) is 5.75 Å². The van der Waals surface area contributed by atoms with Crippen LogP contribution < -0.4 is 5.32 Å². The van der Waals surface area contributed by atoms with Crippen molar-refractivity contribution < 1.29 is 5.11 Å². The van der Waals surface area contributed by atoms with Crippen LogP contribution in [0.25, 0.3) is 0 Å². The van der Waals surface area contributed by atoms with Crippen LogP contribution in [-0.2, 0) is 13.6 Å². The largest absolute Gasteiger partial charge is 0.508 e. The summed E-state index contributed by atoms with van der Waals surface area (Å²) < 4.78 is 1.87. The van der Waals surface area contributed by atoms with Gasteiger partial charge in [-0.15, -0.1) is 0 Å². The number of nitrogens with zero attached hydrogens (tertiary/aromatic N) is 2. The van der Waals surface area contributed by atoms with Gasteiger partial charge in [-0.05, 0) is 31.5 Å². The van der Waals surface area contributed by atoms with Crippen LogP contribution in [0.4, 0.5) is 0 Å². The molecule has 0 aliphatic carbocycles. The predicted octanol–water partition coefficient (Wildman–Crippen LogP) is 2.28. The van der Waals surface area contributed by atoms with E-state index >= 15 is 0 Å². The number of nitrogens with one attached hydrogen (secondary N) is 1. The first-order valence-corrected chi connectivity index (χ1v) is 6.07. The van der Waals surface area contributed by atoms with Gasteiger partial charge in [0.15, 0.2) is 0 Å². The number of hydrogen-bond donors (Lipinski definition) is 2. The molecule has 18 heavy (non-hydrogen) atoms. The van der Waals surface area contributed by atoms with Gasteiger partial charge in [0.05, 0.1) is 6.20 Å². The molecule has 2 rings (SSSR count). The van der Waals surface area contributed by atoms with E-state index in [4.69, 9.17) is 0 Å². The Bertz CT molecular complexity index is 534. The van der Waals surface area contributed by atoms with Crippen LogP contribution in [0.2, 0.25) is 0 Å². The Morgan fingerprint density at radius 1 is 1.44 bits per heavy atom. The number of phenols is 1. The smallest absolute Gasteiger partial charge is 0.115 e. The van der Waals surface area contributed by atoms with Gasteiger partial charge in [-0.25, -0.2) is 0 Å². The Hall–Kier alpha value is -1.81. The van der Waals surface area contributed by atoms with Crippen LogP contribution in [0.1, 0.15) is 29.8 Å². The van der Waals surface area contributed by atoms with Gasteiger partial charge in [-0.3, -0.25) is 4.68 Å². The second-order valence-corrected chi connectivity index (χ2v) is 4.58. The predicted molar refractivity (Wildman–Crippen MR) is 71.3 cm³/mol. The molecule has 1 aromatic carbocycles. The zero-order valence-corrected chi connectivity index (χ0v) is 11.0. The zero-order chi connectivity index (χ0) is 13.1. The molecule has 1 unspecified atom stereocenters. The van der Waals surface area contributed by atoms with Gasteiger partial charge in [0.1, 0.15) is 5.75 Å². The molecule has 1 heterocycles. The van der Waals surface area contributed by atoms with Crippen molar-refractivity contribution in [3.05, 3.63) is 47.3 Å². The maximum absolute atomic E-state index is 9.45. The quantitative estimate of drug-likeness (QED) is 0.869. The Labute approximate surface area is 107 Å². The molecule has 0 saturated heterocycles. The summed E-state index contributed by atoms with van der Waals surface area (Å²) in [6.07, 6.45) is 1.89. The van der Waals surface area contributed by atoms with Crippen LogP contribution >= 0.6 is 0 Å². The Kier molecular flexibility index (Phi) is 3.67. The highest BCUT2D eigenvalue weighted by atomic mass is 16.3. The molecule has 0 spiro atoms. The van der Waals surface area contributed by atoms with Crippen LogP contribution in [0.5, 0.6) is 5.75 Å². The first-order valence-electron chi connectivity index (χ1n) is 6.07. The Morgan fingerprint density at radius 3 is 2.83 bits per heavy atom. The molecule has 0 amide bonds. The van der Waals surface area contributed by atoms with Gasteiger partial charge < -0.3 is 10.4 Å². The third-order valence-electron chi connectivity index (χ3n) is 3.31. The lowest BCUT2D eigenvalue weighted by molar-refractivity contribution is 0.472. The molecule has 4 nitrogen and oxygen atoms in total. The first kappa shape index (κ1) is 12.6. The first-order chi connectivity index (χ1) is 8.58. The topological polar surface area (TPSA) is 50.1 Å². The summed E-state index contributed by atoms with van der Waals surface area (Å²) in [5, 5.41) is 17.1. The minimum absolute atomic E-state index is 0.191. The normalized spacial score (nSPS) is 12.6. The number of benzene rings is 1. The summed E-state index contributed by atoms with van der Waals surface area (Å²) in [6.45, 7) is 4.92. The van der Waals surface area contributed by atoms with Gasteiger partial charge in [0, 0.05) is 30.9 Å².